The van der Waals surface area contributed by atoms with E-state index < -0.39 is 0 Å². The van der Waals surface area contributed by atoms with Crippen LogP contribution >= 0.6 is 0 Å². The van der Waals surface area contributed by atoms with Gasteiger partial charge in [0.2, 0.25) is 0 Å². The van der Waals surface area contributed by atoms with Crippen LogP contribution in [0.4, 0.5) is 0 Å². The van der Waals surface area contributed by atoms with Crippen molar-refractivity contribution < 1.29 is 4.79 Å². The monoisotopic (exact) mass is 259 g/mol. The zero-order valence-corrected chi connectivity index (χ0v) is 13.5. The van der Waals surface area contributed by atoms with Crippen molar-refractivity contribution in [2.45, 2.75) is 61.3 Å². The van der Waals surface area contributed by atoms with Gasteiger partial charge >= 0.3 is 0 Å². The van der Waals surface area contributed by atoms with Crippen molar-refractivity contribution >= 4 is 5.78 Å². The van der Waals surface area contributed by atoms with Crippen LogP contribution in [0.2, 0.25) is 0 Å². The molecule has 1 radical (unpaired) electrons. The van der Waals surface area contributed by atoms with Gasteiger partial charge in [-0.15, -0.1) is 0 Å². The Bertz CT molecular complexity index is 478. The van der Waals surface area contributed by atoms with Crippen LogP contribution in [0.1, 0.15) is 61.3 Å². The molecule has 0 atom stereocenters. The lowest BCUT2D eigenvalue weighted by Gasteiger charge is -2.41. The third-order valence-electron chi connectivity index (χ3n) is 4.67. The van der Waals surface area contributed by atoms with Crippen LogP contribution in [-0.4, -0.2) is 5.78 Å². The Morgan fingerprint density at radius 3 is 1.89 bits per heavy atom. The Morgan fingerprint density at radius 2 is 1.47 bits per heavy atom. The molecule has 1 nitrogen and oxygen atoms in total. The third-order valence-corrected chi connectivity index (χ3v) is 4.67. The lowest BCUT2D eigenvalue weighted by atomic mass is 9.64. The molecule has 0 fully saturated rings. The second-order valence-electron chi connectivity index (χ2n) is 8.42. The summed E-state index contributed by atoms with van der Waals surface area (Å²) >= 11 is 0. The first-order valence-electron chi connectivity index (χ1n) is 7.32. The summed E-state index contributed by atoms with van der Waals surface area (Å²) < 4.78 is 0. The van der Waals surface area contributed by atoms with E-state index in [1.54, 1.807) is 0 Å². The number of hydrogen-bond donors (Lipinski definition) is 0. The smallest absolute Gasteiger partial charge is 0.164 e. The average Bonchev–Trinajstić information content (AvgIpc) is 2.69. The molecule has 0 spiro atoms. The summed E-state index contributed by atoms with van der Waals surface area (Å²) in [6.45, 7) is 15.2. The minimum absolute atomic E-state index is 0.196. The molecule has 0 amide bonds. The van der Waals surface area contributed by atoms with E-state index in [0.29, 0.717) is 0 Å². The normalized spacial score (nSPS) is 25.1. The van der Waals surface area contributed by atoms with Gasteiger partial charge in [-0.3, -0.25) is 4.79 Å². The molecule has 105 valence electrons. The van der Waals surface area contributed by atoms with Gasteiger partial charge in [0.15, 0.2) is 5.78 Å². The number of rotatable bonds is 1. The first kappa shape index (κ1) is 14.6. The molecule has 0 aromatic heterocycles. The molecule has 19 heavy (non-hydrogen) atoms. The van der Waals surface area contributed by atoms with Crippen LogP contribution in [0.25, 0.3) is 0 Å². The molecule has 0 aromatic rings. The summed E-state index contributed by atoms with van der Waals surface area (Å²) in [6, 6.07) is 0. The standard InChI is InChI=1S/C18H27O/c1-16(2,3)15(19)12-10-13-14(11-12)18(6,7)9-8-17(13,4)5/h10-11H,8-9H2,1-7H3. The molecule has 0 unspecified atom stereocenters. The zero-order valence-electron chi connectivity index (χ0n) is 13.5. The largest absolute Gasteiger partial charge is 0.294 e. The van der Waals surface area contributed by atoms with Crippen LogP contribution in [-0.2, 0) is 4.79 Å². The van der Waals surface area contributed by atoms with Crippen molar-refractivity contribution in [1.82, 2.24) is 0 Å². The van der Waals surface area contributed by atoms with Crippen LogP contribution in [0.5, 0.6) is 0 Å². The molecule has 0 saturated heterocycles. The van der Waals surface area contributed by atoms with Gasteiger partial charge in [0.25, 0.3) is 0 Å². The van der Waals surface area contributed by atoms with Gasteiger partial charge in [0.05, 0.1) is 0 Å². The highest BCUT2D eigenvalue weighted by atomic mass is 16.1. The molecule has 2 aliphatic carbocycles. The van der Waals surface area contributed by atoms with Crippen LogP contribution in [0.3, 0.4) is 0 Å². The molecule has 0 aliphatic heterocycles. The van der Waals surface area contributed by atoms with Gasteiger partial charge in [-0.25, -0.2) is 0 Å². The number of Topliss-reactive ketones (excluding diaryl/α,β-unsaturated/α-hetero) is 1. The third kappa shape index (κ3) is 2.44. The van der Waals surface area contributed by atoms with Crippen LogP contribution in [0, 0.1) is 22.7 Å². The fraction of sp³-hybridized carbons (Fsp3) is 0.667. The van der Waals surface area contributed by atoms with Crippen LogP contribution in [0.15, 0.2) is 22.8 Å². The maximum Gasteiger partial charge on any atom is 0.164 e. The predicted molar refractivity (Wildman–Crippen MR) is 80.7 cm³/mol. The summed E-state index contributed by atoms with van der Waals surface area (Å²) in [5.74, 6) is 0.258. The Labute approximate surface area is 118 Å². The summed E-state index contributed by atoms with van der Waals surface area (Å²) in [5.41, 5.74) is 3.77. The minimum Gasteiger partial charge on any atom is -0.294 e. The summed E-state index contributed by atoms with van der Waals surface area (Å²) in [7, 11) is 0. The number of carbonyl (C=O) groups excluding carboxylic acids is 1. The van der Waals surface area contributed by atoms with Gasteiger partial charge in [-0.1, -0.05) is 60.1 Å². The van der Waals surface area contributed by atoms with Crippen molar-refractivity contribution in [2.24, 2.45) is 16.2 Å². The van der Waals surface area contributed by atoms with Gasteiger partial charge < -0.3 is 0 Å². The van der Waals surface area contributed by atoms with Gasteiger partial charge in [-0.05, 0) is 29.2 Å². The Morgan fingerprint density at radius 1 is 1.00 bits per heavy atom. The van der Waals surface area contributed by atoms with Gasteiger partial charge in [0, 0.05) is 17.4 Å². The molecular formula is C18H27O. The van der Waals surface area contributed by atoms with Crippen molar-refractivity contribution in [1.29, 1.82) is 0 Å². The number of carbonyl (C=O) groups is 1. The van der Waals surface area contributed by atoms with E-state index in [0.717, 1.165) is 5.57 Å². The highest BCUT2D eigenvalue weighted by Gasteiger charge is 2.42. The van der Waals surface area contributed by atoms with Gasteiger partial charge in [-0.2, -0.15) is 0 Å². The van der Waals surface area contributed by atoms with E-state index >= 15 is 0 Å². The maximum absolute atomic E-state index is 12.5. The Hall–Kier alpha value is -0.850. The molecular weight excluding hydrogens is 232 g/mol. The summed E-state index contributed by atoms with van der Waals surface area (Å²) in [5, 5.41) is 0. The predicted octanol–water partition coefficient (Wildman–Crippen LogP) is 4.89. The molecule has 2 aliphatic rings. The average molecular weight is 259 g/mol. The molecule has 0 saturated carbocycles. The van der Waals surface area contributed by atoms with Crippen molar-refractivity contribution in [3.05, 3.63) is 29.2 Å². The summed E-state index contributed by atoms with van der Waals surface area (Å²) in [4.78, 5) is 12.5. The second kappa shape index (κ2) is 4.07. The van der Waals surface area contributed by atoms with Crippen LogP contribution < -0.4 is 0 Å². The van der Waals surface area contributed by atoms with Crippen molar-refractivity contribution in [2.75, 3.05) is 0 Å². The topological polar surface area (TPSA) is 17.1 Å². The van der Waals surface area contributed by atoms with E-state index in [4.69, 9.17) is 0 Å². The van der Waals surface area contributed by atoms with E-state index in [1.807, 2.05) is 20.8 Å². The lowest BCUT2D eigenvalue weighted by Crippen LogP contribution is -2.29. The Kier molecular flexibility index (Phi) is 3.12. The quantitative estimate of drug-likeness (QED) is 0.655. The second-order valence-corrected chi connectivity index (χ2v) is 8.42. The van der Waals surface area contributed by atoms with E-state index in [1.165, 1.54) is 24.0 Å². The first-order valence-corrected chi connectivity index (χ1v) is 7.32. The zero-order chi connectivity index (χ0) is 14.6. The molecule has 0 N–H and O–H groups in total. The molecule has 2 rings (SSSR count). The highest BCUT2D eigenvalue weighted by molar-refractivity contribution is 6.03. The lowest BCUT2D eigenvalue weighted by molar-refractivity contribution is -0.122. The molecule has 0 bridgehead atoms. The fourth-order valence-electron chi connectivity index (χ4n) is 3.09. The molecule has 0 heterocycles. The van der Waals surface area contributed by atoms with E-state index in [-0.39, 0.29) is 22.0 Å². The number of ketones is 1. The SMILES string of the molecule is CC(C)(C)C(=O)C1=CC2=C([CH]1)C(C)(C)CCC2(C)C. The first-order chi connectivity index (χ1) is 8.45. The van der Waals surface area contributed by atoms with E-state index in [9.17, 15) is 4.79 Å². The van der Waals surface area contributed by atoms with Gasteiger partial charge in [0.1, 0.15) is 0 Å². The minimum atomic E-state index is -0.300. The Balaban J connectivity index is 2.39. The van der Waals surface area contributed by atoms with Crippen molar-refractivity contribution in [3.63, 3.8) is 0 Å². The molecule has 0 aromatic carbocycles. The highest BCUT2D eigenvalue weighted by Crippen LogP contribution is 2.54. The maximum atomic E-state index is 12.5. The van der Waals surface area contributed by atoms with Crippen molar-refractivity contribution in [3.8, 4) is 0 Å². The van der Waals surface area contributed by atoms with E-state index in [2.05, 4.69) is 40.2 Å². The molecule has 1 heteroatoms. The summed E-state index contributed by atoms with van der Waals surface area (Å²) in [6.07, 6.45) is 6.70. The number of allylic oxidation sites excluding steroid dienone is 4. The fourth-order valence-corrected chi connectivity index (χ4v) is 3.09. The number of hydrogen-bond acceptors (Lipinski definition) is 1.